The van der Waals surface area contributed by atoms with E-state index in [9.17, 15) is 14.7 Å². The molecule has 2 heterocycles. The van der Waals surface area contributed by atoms with Crippen molar-refractivity contribution >= 4 is 11.9 Å². The lowest BCUT2D eigenvalue weighted by atomic mass is 9.96. The number of carbonyl (C=O) groups is 2. The van der Waals surface area contributed by atoms with Crippen LogP contribution in [0.4, 0.5) is 4.79 Å². The standard InChI is InChI=1S/C13H13N3O3/c1-16-9-6-14-12(18)10(9)11(15-13(16)19)7-2-4-8(17)5-3-7/h2-5,11,17H,6H2,1H3,(H,14,18)(H,15,19). The fourth-order valence-corrected chi connectivity index (χ4v) is 2.41. The molecule has 1 atom stereocenters. The Kier molecular flexibility index (Phi) is 2.45. The lowest BCUT2D eigenvalue weighted by molar-refractivity contribution is -0.116. The summed E-state index contributed by atoms with van der Waals surface area (Å²) in [5.41, 5.74) is 2.03. The molecule has 0 fully saturated rings. The fraction of sp³-hybridized carbons (Fsp3) is 0.231. The number of amides is 3. The molecule has 0 radical (unpaired) electrons. The van der Waals surface area contributed by atoms with Gasteiger partial charge in [0.2, 0.25) is 0 Å². The second kappa shape index (κ2) is 4.01. The van der Waals surface area contributed by atoms with Crippen LogP contribution in [0, 0.1) is 0 Å². The van der Waals surface area contributed by atoms with Crippen molar-refractivity contribution in [2.45, 2.75) is 6.04 Å². The fourth-order valence-electron chi connectivity index (χ4n) is 2.41. The van der Waals surface area contributed by atoms with E-state index in [0.29, 0.717) is 17.8 Å². The van der Waals surface area contributed by atoms with E-state index in [1.54, 1.807) is 19.2 Å². The highest BCUT2D eigenvalue weighted by Crippen LogP contribution is 2.32. The lowest BCUT2D eigenvalue weighted by Gasteiger charge is -2.31. The minimum Gasteiger partial charge on any atom is -0.508 e. The Bertz CT molecular complexity index is 592. The number of benzene rings is 1. The first-order valence-corrected chi connectivity index (χ1v) is 5.92. The molecule has 1 aromatic carbocycles. The van der Waals surface area contributed by atoms with Crippen molar-refractivity contribution < 1.29 is 14.7 Å². The Morgan fingerprint density at radius 3 is 2.63 bits per heavy atom. The highest BCUT2D eigenvalue weighted by atomic mass is 16.3. The van der Waals surface area contributed by atoms with E-state index in [4.69, 9.17) is 0 Å². The van der Waals surface area contributed by atoms with Crippen LogP contribution in [0.15, 0.2) is 35.5 Å². The molecule has 0 spiro atoms. The average molecular weight is 259 g/mol. The van der Waals surface area contributed by atoms with Crippen LogP contribution < -0.4 is 10.6 Å². The SMILES string of the molecule is CN1C(=O)NC(c2ccc(O)cc2)C2=C1CNC2=O. The van der Waals surface area contributed by atoms with Crippen LogP contribution in [0.5, 0.6) is 5.75 Å². The number of hydrogen-bond donors (Lipinski definition) is 3. The first-order valence-electron chi connectivity index (χ1n) is 5.92. The zero-order valence-electron chi connectivity index (χ0n) is 10.3. The van der Waals surface area contributed by atoms with E-state index >= 15 is 0 Å². The lowest BCUT2D eigenvalue weighted by Crippen LogP contribution is -2.45. The normalized spacial score (nSPS) is 22.2. The first kappa shape index (κ1) is 11.6. The number of rotatable bonds is 1. The predicted molar refractivity (Wildman–Crippen MR) is 67.2 cm³/mol. The molecule has 1 aromatic rings. The molecular weight excluding hydrogens is 246 g/mol. The zero-order chi connectivity index (χ0) is 13.6. The Hall–Kier alpha value is -2.50. The van der Waals surface area contributed by atoms with E-state index in [1.165, 1.54) is 17.0 Å². The van der Waals surface area contributed by atoms with Gasteiger partial charge in [0, 0.05) is 7.05 Å². The maximum atomic E-state index is 11.9. The second-order valence-electron chi connectivity index (χ2n) is 4.58. The van der Waals surface area contributed by atoms with Crippen molar-refractivity contribution in [1.82, 2.24) is 15.5 Å². The number of carbonyl (C=O) groups excluding carboxylic acids is 2. The molecule has 3 rings (SSSR count). The van der Waals surface area contributed by atoms with Crippen LogP contribution in [0.25, 0.3) is 0 Å². The summed E-state index contributed by atoms with van der Waals surface area (Å²) in [6.45, 7) is 0.368. The van der Waals surface area contributed by atoms with Gasteiger partial charge in [-0.1, -0.05) is 12.1 Å². The number of nitrogens with zero attached hydrogens (tertiary/aromatic N) is 1. The van der Waals surface area contributed by atoms with Crippen molar-refractivity contribution in [2.24, 2.45) is 0 Å². The van der Waals surface area contributed by atoms with Gasteiger partial charge in [-0.2, -0.15) is 0 Å². The van der Waals surface area contributed by atoms with E-state index in [2.05, 4.69) is 10.6 Å². The smallest absolute Gasteiger partial charge is 0.322 e. The van der Waals surface area contributed by atoms with Gasteiger partial charge in [0.1, 0.15) is 5.75 Å². The number of likely N-dealkylation sites (N-methyl/N-ethyl adjacent to an activating group) is 1. The molecule has 3 amide bonds. The number of hydrogen-bond acceptors (Lipinski definition) is 3. The number of nitrogens with one attached hydrogen (secondary N) is 2. The third-order valence-corrected chi connectivity index (χ3v) is 3.46. The van der Waals surface area contributed by atoms with Gasteiger partial charge in [-0.05, 0) is 17.7 Å². The summed E-state index contributed by atoms with van der Waals surface area (Å²) >= 11 is 0. The van der Waals surface area contributed by atoms with Gasteiger partial charge >= 0.3 is 6.03 Å². The van der Waals surface area contributed by atoms with Crippen LogP contribution in [-0.2, 0) is 4.79 Å². The summed E-state index contributed by atoms with van der Waals surface area (Å²) in [5, 5.41) is 14.8. The third kappa shape index (κ3) is 1.72. The van der Waals surface area contributed by atoms with Gasteiger partial charge in [-0.15, -0.1) is 0 Å². The summed E-state index contributed by atoms with van der Waals surface area (Å²) in [4.78, 5) is 25.2. The molecule has 3 N–H and O–H groups in total. The first-order chi connectivity index (χ1) is 9.08. The summed E-state index contributed by atoms with van der Waals surface area (Å²) in [6.07, 6.45) is 0. The summed E-state index contributed by atoms with van der Waals surface area (Å²) < 4.78 is 0. The molecule has 6 heteroatoms. The molecular formula is C13H13N3O3. The monoisotopic (exact) mass is 259 g/mol. The van der Waals surface area contributed by atoms with Crippen LogP contribution >= 0.6 is 0 Å². The quantitative estimate of drug-likeness (QED) is 0.685. The molecule has 1 unspecified atom stereocenters. The minimum absolute atomic E-state index is 0.146. The van der Waals surface area contributed by atoms with Gasteiger partial charge in [-0.3, -0.25) is 9.69 Å². The van der Waals surface area contributed by atoms with Gasteiger partial charge in [0.15, 0.2) is 0 Å². The van der Waals surface area contributed by atoms with Crippen molar-refractivity contribution in [3.05, 3.63) is 41.1 Å². The second-order valence-corrected chi connectivity index (χ2v) is 4.58. The summed E-state index contributed by atoms with van der Waals surface area (Å²) in [6, 6.07) is 5.75. The topological polar surface area (TPSA) is 81.7 Å². The zero-order valence-corrected chi connectivity index (χ0v) is 10.3. The average Bonchev–Trinajstić information content (AvgIpc) is 2.78. The molecule has 0 saturated carbocycles. The summed E-state index contributed by atoms with van der Waals surface area (Å²) in [5.74, 6) is -0.0204. The molecule has 6 nitrogen and oxygen atoms in total. The molecule has 2 aliphatic rings. The third-order valence-electron chi connectivity index (χ3n) is 3.46. The largest absolute Gasteiger partial charge is 0.508 e. The van der Waals surface area contributed by atoms with Crippen LogP contribution in [0.3, 0.4) is 0 Å². The molecule has 98 valence electrons. The van der Waals surface area contributed by atoms with Gasteiger partial charge in [0.05, 0.1) is 23.9 Å². The van der Waals surface area contributed by atoms with Gasteiger partial charge in [0.25, 0.3) is 5.91 Å². The number of aromatic hydroxyl groups is 1. The molecule has 2 aliphatic heterocycles. The maximum Gasteiger partial charge on any atom is 0.322 e. The van der Waals surface area contributed by atoms with Crippen LogP contribution in [0.1, 0.15) is 11.6 Å². The highest BCUT2D eigenvalue weighted by Gasteiger charge is 2.38. The number of urea groups is 1. The Balaban J connectivity index is 2.08. The van der Waals surface area contributed by atoms with E-state index in [1.807, 2.05) is 0 Å². The van der Waals surface area contributed by atoms with Gasteiger partial charge < -0.3 is 15.7 Å². The molecule has 0 aliphatic carbocycles. The van der Waals surface area contributed by atoms with Gasteiger partial charge in [-0.25, -0.2) is 4.79 Å². The molecule has 0 bridgehead atoms. The number of phenolic OH excluding ortho intramolecular Hbond substituents is 1. The molecule has 19 heavy (non-hydrogen) atoms. The van der Waals surface area contributed by atoms with E-state index in [0.717, 1.165) is 5.56 Å². The van der Waals surface area contributed by atoms with Crippen LogP contribution in [0.2, 0.25) is 0 Å². The van der Waals surface area contributed by atoms with Crippen molar-refractivity contribution in [3.8, 4) is 5.75 Å². The Labute approximate surface area is 109 Å². The maximum absolute atomic E-state index is 11.9. The molecule has 0 saturated heterocycles. The van der Waals surface area contributed by atoms with E-state index < -0.39 is 6.04 Å². The Morgan fingerprint density at radius 2 is 1.95 bits per heavy atom. The highest BCUT2D eigenvalue weighted by molar-refractivity contribution is 6.01. The minimum atomic E-state index is -0.471. The van der Waals surface area contributed by atoms with Crippen molar-refractivity contribution in [3.63, 3.8) is 0 Å². The summed E-state index contributed by atoms with van der Waals surface area (Å²) in [7, 11) is 1.64. The van der Waals surface area contributed by atoms with E-state index in [-0.39, 0.29) is 17.7 Å². The Morgan fingerprint density at radius 1 is 1.26 bits per heavy atom. The number of phenols is 1. The van der Waals surface area contributed by atoms with Crippen molar-refractivity contribution in [2.75, 3.05) is 13.6 Å². The van der Waals surface area contributed by atoms with Crippen molar-refractivity contribution in [1.29, 1.82) is 0 Å². The molecule has 0 aromatic heterocycles. The predicted octanol–water partition coefficient (Wildman–Crippen LogP) is 0.472. The van der Waals surface area contributed by atoms with Crippen LogP contribution in [-0.4, -0.2) is 35.5 Å².